The number of rotatable bonds is 3. The average Bonchev–Trinajstić information content (AvgIpc) is 3.02. The zero-order valence-corrected chi connectivity index (χ0v) is 10.3. The van der Waals surface area contributed by atoms with Gasteiger partial charge in [0.05, 0.1) is 5.69 Å². The predicted molar refractivity (Wildman–Crippen MR) is 67.7 cm³/mol. The minimum atomic E-state index is 0.277. The van der Waals surface area contributed by atoms with Crippen LogP contribution in [0.4, 0.5) is 0 Å². The normalized spacial score (nSPS) is 24.3. The molecule has 0 radical (unpaired) electrons. The summed E-state index contributed by atoms with van der Waals surface area (Å²) in [6.45, 7) is 0. The van der Waals surface area contributed by atoms with Gasteiger partial charge in [0.15, 0.2) is 0 Å². The molecular formula is C13H18N4O. The molecule has 2 unspecified atom stereocenters. The molecule has 0 bridgehead atoms. The SMILES string of the molecule is NC1CCCCC1Cc1nc(-c2ccc[nH]2)no1. The second-order valence-electron chi connectivity index (χ2n) is 5.01. The van der Waals surface area contributed by atoms with Gasteiger partial charge in [-0.2, -0.15) is 4.98 Å². The van der Waals surface area contributed by atoms with Gasteiger partial charge in [0.2, 0.25) is 11.7 Å². The monoisotopic (exact) mass is 246 g/mol. The number of H-pyrrole nitrogens is 1. The Morgan fingerprint density at radius 2 is 2.28 bits per heavy atom. The van der Waals surface area contributed by atoms with Crippen LogP contribution in [0.2, 0.25) is 0 Å². The molecular weight excluding hydrogens is 228 g/mol. The Morgan fingerprint density at radius 3 is 3.06 bits per heavy atom. The van der Waals surface area contributed by atoms with Gasteiger partial charge in [0.1, 0.15) is 0 Å². The van der Waals surface area contributed by atoms with Crippen molar-refractivity contribution in [1.82, 2.24) is 15.1 Å². The highest BCUT2D eigenvalue weighted by atomic mass is 16.5. The summed E-state index contributed by atoms with van der Waals surface area (Å²) in [7, 11) is 0. The molecule has 5 nitrogen and oxygen atoms in total. The van der Waals surface area contributed by atoms with Crippen LogP contribution in [0.25, 0.3) is 11.5 Å². The second kappa shape index (κ2) is 4.94. The fourth-order valence-corrected chi connectivity index (χ4v) is 2.63. The van der Waals surface area contributed by atoms with Gasteiger partial charge in [-0.15, -0.1) is 0 Å². The molecule has 1 aliphatic carbocycles. The Balaban J connectivity index is 1.70. The van der Waals surface area contributed by atoms with Crippen molar-refractivity contribution in [3.8, 4) is 11.5 Å². The Morgan fingerprint density at radius 1 is 1.39 bits per heavy atom. The van der Waals surface area contributed by atoms with E-state index in [2.05, 4.69) is 15.1 Å². The number of hydrogen-bond donors (Lipinski definition) is 2. The predicted octanol–water partition coefficient (Wildman–Crippen LogP) is 2.12. The fraction of sp³-hybridized carbons (Fsp3) is 0.538. The van der Waals surface area contributed by atoms with E-state index >= 15 is 0 Å². The van der Waals surface area contributed by atoms with Crippen LogP contribution in [0.5, 0.6) is 0 Å². The van der Waals surface area contributed by atoms with Gasteiger partial charge in [-0.3, -0.25) is 0 Å². The lowest BCUT2D eigenvalue weighted by molar-refractivity contribution is 0.273. The largest absolute Gasteiger partial charge is 0.359 e. The first-order valence-corrected chi connectivity index (χ1v) is 6.55. The summed E-state index contributed by atoms with van der Waals surface area (Å²) in [6.07, 6.45) is 7.44. The van der Waals surface area contributed by atoms with Gasteiger partial charge in [0.25, 0.3) is 0 Å². The van der Waals surface area contributed by atoms with Crippen molar-refractivity contribution in [1.29, 1.82) is 0 Å². The van der Waals surface area contributed by atoms with Crippen LogP contribution in [0.3, 0.4) is 0 Å². The molecule has 5 heteroatoms. The van der Waals surface area contributed by atoms with Crippen molar-refractivity contribution in [2.24, 2.45) is 11.7 Å². The number of nitrogens with two attached hydrogens (primary N) is 1. The topological polar surface area (TPSA) is 80.7 Å². The van der Waals surface area contributed by atoms with E-state index < -0.39 is 0 Å². The smallest absolute Gasteiger partial charge is 0.227 e. The second-order valence-corrected chi connectivity index (χ2v) is 5.01. The zero-order valence-electron chi connectivity index (χ0n) is 10.3. The minimum Gasteiger partial charge on any atom is -0.359 e. The first-order chi connectivity index (χ1) is 8.83. The van der Waals surface area contributed by atoms with Crippen LogP contribution in [-0.2, 0) is 6.42 Å². The van der Waals surface area contributed by atoms with Gasteiger partial charge in [0, 0.05) is 18.7 Å². The van der Waals surface area contributed by atoms with Crippen molar-refractivity contribution in [2.45, 2.75) is 38.1 Å². The molecule has 2 atom stereocenters. The lowest BCUT2D eigenvalue weighted by atomic mass is 9.83. The van der Waals surface area contributed by atoms with Crippen LogP contribution >= 0.6 is 0 Å². The highest BCUT2D eigenvalue weighted by Gasteiger charge is 2.24. The standard InChI is InChI=1S/C13H18N4O/c14-10-5-2-1-4-9(10)8-12-16-13(17-18-12)11-6-3-7-15-11/h3,6-7,9-10,15H,1-2,4-5,8,14H2. The summed E-state index contributed by atoms with van der Waals surface area (Å²) in [5.41, 5.74) is 7.02. The number of aromatic nitrogens is 3. The first kappa shape index (κ1) is 11.5. The summed E-state index contributed by atoms with van der Waals surface area (Å²) < 4.78 is 5.30. The third-order valence-corrected chi connectivity index (χ3v) is 3.71. The van der Waals surface area contributed by atoms with Crippen molar-refractivity contribution in [3.63, 3.8) is 0 Å². The van der Waals surface area contributed by atoms with E-state index in [1.807, 2.05) is 18.3 Å². The molecule has 2 aromatic rings. The third kappa shape index (κ3) is 2.31. The van der Waals surface area contributed by atoms with Crippen LogP contribution in [0.15, 0.2) is 22.9 Å². The molecule has 2 heterocycles. The number of nitrogens with zero attached hydrogens (tertiary/aromatic N) is 2. The van der Waals surface area contributed by atoms with E-state index in [1.165, 1.54) is 19.3 Å². The molecule has 0 aliphatic heterocycles. The van der Waals surface area contributed by atoms with E-state index in [0.717, 1.165) is 18.5 Å². The maximum atomic E-state index is 6.13. The summed E-state index contributed by atoms with van der Waals surface area (Å²) in [4.78, 5) is 7.49. The van der Waals surface area contributed by atoms with Gasteiger partial charge in [-0.25, -0.2) is 0 Å². The Bertz CT molecular complexity index is 491. The zero-order chi connectivity index (χ0) is 12.4. The van der Waals surface area contributed by atoms with E-state index in [-0.39, 0.29) is 6.04 Å². The number of nitrogens with one attached hydrogen (secondary N) is 1. The van der Waals surface area contributed by atoms with Crippen molar-refractivity contribution < 1.29 is 4.52 Å². The van der Waals surface area contributed by atoms with Gasteiger partial charge in [-0.1, -0.05) is 18.0 Å². The molecule has 18 heavy (non-hydrogen) atoms. The van der Waals surface area contributed by atoms with Gasteiger partial charge in [-0.05, 0) is 30.9 Å². The molecule has 1 fully saturated rings. The Labute approximate surface area is 106 Å². The van der Waals surface area contributed by atoms with E-state index in [1.54, 1.807) is 0 Å². The molecule has 2 aromatic heterocycles. The van der Waals surface area contributed by atoms with Crippen molar-refractivity contribution in [2.75, 3.05) is 0 Å². The maximum Gasteiger partial charge on any atom is 0.227 e. The number of hydrogen-bond acceptors (Lipinski definition) is 4. The summed E-state index contributed by atoms with van der Waals surface area (Å²) in [5.74, 6) is 1.80. The van der Waals surface area contributed by atoms with E-state index in [9.17, 15) is 0 Å². The fourth-order valence-electron chi connectivity index (χ4n) is 2.63. The van der Waals surface area contributed by atoms with Crippen LogP contribution in [0.1, 0.15) is 31.6 Å². The molecule has 3 N–H and O–H groups in total. The van der Waals surface area contributed by atoms with Crippen molar-refractivity contribution >= 4 is 0 Å². The highest BCUT2D eigenvalue weighted by Crippen LogP contribution is 2.26. The molecule has 0 aromatic carbocycles. The minimum absolute atomic E-state index is 0.277. The van der Waals surface area contributed by atoms with E-state index in [4.69, 9.17) is 10.3 Å². The molecule has 1 aliphatic rings. The molecule has 96 valence electrons. The Kier molecular flexibility index (Phi) is 3.15. The van der Waals surface area contributed by atoms with Crippen LogP contribution in [-0.4, -0.2) is 21.2 Å². The van der Waals surface area contributed by atoms with Gasteiger partial charge < -0.3 is 15.2 Å². The first-order valence-electron chi connectivity index (χ1n) is 6.55. The molecule has 3 rings (SSSR count). The number of aromatic amines is 1. The third-order valence-electron chi connectivity index (χ3n) is 3.71. The lowest BCUT2D eigenvalue weighted by Crippen LogP contribution is -2.34. The van der Waals surface area contributed by atoms with Crippen LogP contribution < -0.4 is 5.73 Å². The Hall–Kier alpha value is -1.62. The van der Waals surface area contributed by atoms with Gasteiger partial charge >= 0.3 is 0 Å². The lowest BCUT2D eigenvalue weighted by Gasteiger charge is -2.27. The average molecular weight is 246 g/mol. The molecule has 0 spiro atoms. The quantitative estimate of drug-likeness (QED) is 0.869. The summed E-state index contributed by atoms with van der Waals surface area (Å²) in [6, 6.07) is 4.13. The highest BCUT2D eigenvalue weighted by molar-refractivity contribution is 5.47. The van der Waals surface area contributed by atoms with E-state index in [0.29, 0.717) is 17.6 Å². The maximum absolute atomic E-state index is 6.13. The van der Waals surface area contributed by atoms with Crippen molar-refractivity contribution in [3.05, 3.63) is 24.2 Å². The molecule has 0 saturated heterocycles. The van der Waals surface area contributed by atoms with Crippen LogP contribution in [0, 0.1) is 5.92 Å². The summed E-state index contributed by atoms with van der Waals surface area (Å²) in [5, 5.41) is 3.99. The summed E-state index contributed by atoms with van der Waals surface area (Å²) >= 11 is 0. The molecule has 0 amide bonds. The molecule has 1 saturated carbocycles.